The molecule has 27 heavy (non-hydrogen) atoms. The summed E-state index contributed by atoms with van der Waals surface area (Å²) in [6.07, 6.45) is 6.45. The molecule has 0 saturated carbocycles. The van der Waals surface area contributed by atoms with Gasteiger partial charge in [-0.2, -0.15) is 9.61 Å². The van der Waals surface area contributed by atoms with E-state index in [9.17, 15) is 0 Å². The largest absolute Gasteiger partial charge is 0.353 e. The predicted octanol–water partition coefficient (Wildman–Crippen LogP) is 2.34. The molecule has 1 fully saturated rings. The van der Waals surface area contributed by atoms with Crippen LogP contribution in [0.5, 0.6) is 0 Å². The van der Waals surface area contributed by atoms with Crippen LogP contribution in [0.1, 0.15) is 35.5 Å². The van der Waals surface area contributed by atoms with Crippen LogP contribution in [0.25, 0.3) is 5.65 Å². The zero-order chi connectivity index (χ0) is 18.4. The van der Waals surface area contributed by atoms with E-state index < -0.39 is 0 Å². The Morgan fingerprint density at radius 1 is 0.852 bits per heavy atom. The number of nitrogens with zero attached hydrogens (tertiary/aromatic N) is 7. The highest BCUT2D eigenvalue weighted by atomic mass is 15.4. The molecule has 0 spiro atoms. The van der Waals surface area contributed by atoms with Gasteiger partial charge in [0.25, 0.3) is 0 Å². The van der Waals surface area contributed by atoms with Gasteiger partial charge in [0.15, 0.2) is 5.65 Å². The van der Waals surface area contributed by atoms with Gasteiger partial charge in [0, 0.05) is 55.3 Å². The maximum absolute atomic E-state index is 4.65. The van der Waals surface area contributed by atoms with Crippen LogP contribution >= 0.6 is 0 Å². The molecule has 7 heteroatoms. The SMILES string of the molecule is Cc1cc(N2CCN(c3ncnc4c3CCCC4)CC2)n2nc(C)cc2n1. The Morgan fingerprint density at radius 2 is 1.63 bits per heavy atom. The lowest BCUT2D eigenvalue weighted by Crippen LogP contribution is -2.48. The molecule has 0 radical (unpaired) electrons. The van der Waals surface area contributed by atoms with Crippen LogP contribution in [0.2, 0.25) is 0 Å². The van der Waals surface area contributed by atoms with Crippen molar-refractivity contribution in [1.82, 2.24) is 24.6 Å². The maximum atomic E-state index is 4.65. The molecule has 0 atom stereocenters. The van der Waals surface area contributed by atoms with Gasteiger partial charge < -0.3 is 9.80 Å². The summed E-state index contributed by atoms with van der Waals surface area (Å²) < 4.78 is 1.98. The number of aryl methyl sites for hydroxylation is 3. The Bertz CT molecular complexity index is 985. The molecule has 0 unspecified atom stereocenters. The van der Waals surface area contributed by atoms with Crippen LogP contribution in [0, 0.1) is 13.8 Å². The fourth-order valence-electron chi connectivity index (χ4n) is 4.34. The highest BCUT2D eigenvalue weighted by Crippen LogP contribution is 2.28. The predicted molar refractivity (Wildman–Crippen MR) is 106 cm³/mol. The van der Waals surface area contributed by atoms with Crippen LogP contribution < -0.4 is 9.80 Å². The average molecular weight is 363 g/mol. The van der Waals surface area contributed by atoms with Gasteiger partial charge in [0.1, 0.15) is 18.0 Å². The van der Waals surface area contributed by atoms with Crippen molar-refractivity contribution in [3.63, 3.8) is 0 Å². The molecule has 5 rings (SSSR count). The molecule has 0 aromatic carbocycles. The van der Waals surface area contributed by atoms with Crippen molar-refractivity contribution in [3.8, 4) is 0 Å². The fraction of sp³-hybridized carbons (Fsp3) is 0.500. The number of aromatic nitrogens is 5. The van der Waals surface area contributed by atoms with E-state index in [0.717, 1.165) is 67.7 Å². The van der Waals surface area contributed by atoms with E-state index in [1.54, 1.807) is 6.33 Å². The van der Waals surface area contributed by atoms with Gasteiger partial charge >= 0.3 is 0 Å². The van der Waals surface area contributed by atoms with Crippen molar-refractivity contribution < 1.29 is 0 Å². The first-order chi connectivity index (χ1) is 13.2. The van der Waals surface area contributed by atoms with E-state index in [4.69, 9.17) is 0 Å². The maximum Gasteiger partial charge on any atom is 0.157 e. The normalized spacial score (nSPS) is 17.4. The van der Waals surface area contributed by atoms with Crippen molar-refractivity contribution >= 4 is 17.3 Å². The lowest BCUT2D eigenvalue weighted by Gasteiger charge is -2.37. The first kappa shape index (κ1) is 16.5. The van der Waals surface area contributed by atoms with Crippen LogP contribution in [0.4, 0.5) is 11.6 Å². The highest BCUT2D eigenvalue weighted by molar-refractivity contribution is 5.55. The van der Waals surface area contributed by atoms with Gasteiger partial charge in [-0.1, -0.05) is 0 Å². The second-order valence-electron chi connectivity index (χ2n) is 7.62. The molecule has 3 aromatic rings. The number of piperazine rings is 1. The van der Waals surface area contributed by atoms with E-state index in [-0.39, 0.29) is 0 Å². The Morgan fingerprint density at radius 3 is 2.48 bits per heavy atom. The van der Waals surface area contributed by atoms with Crippen LogP contribution in [0.15, 0.2) is 18.5 Å². The molecule has 0 N–H and O–H groups in total. The van der Waals surface area contributed by atoms with Gasteiger partial charge in [0.2, 0.25) is 0 Å². The molecule has 3 aromatic heterocycles. The van der Waals surface area contributed by atoms with Gasteiger partial charge in [-0.15, -0.1) is 0 Å². The monoisotopic (exact) mass is 363 g/mol. The first-order valence-electron chi connectivity index (χ1n) is 9.86. The summed E-state index contributed by atoms with van der Waals surface area (Å²) in [5, 5.41) is 4.64. The molecule has 1 saturated heterocycles. The molecule has 4 heterocycles. The van der Waals surface area contributed by atoms with E-state index in [0.29, 0.717) is 0 Å². The summed E-state index contributed by atoms with van der Waals surface area (Å²) >= 11 is 0. The topological polar surface area (TPSA) is 62.5 Å². The molecule has 7 nitrogen and oxygen atoms in total. The summed E-state index contributed by atoms with van der Waals surface area (Å²) in [5.41, 5.74) is 5.59. The van der Waals surface area contributed by atoms with Crippen LogP contribution in [0.3, 0.4) is 0 Å². The first-order valence-corrected chi connectivity index (χ1v) is 9.86. The summed E-state index contributed by atoms with van der Waals surface area (Å²) in [6.45, 7) is 7.91. The molecule has 1 aliphatic carbocycles. The lowest BCUT2D eigenvalue weighted by atomic mass is 9.96. The Balaban J connectivity index is 1.40. The molecular weight excluding hydrogens is 338 g/mol. The quantitative estimate of drug-likeness (QED) is 0.696. The smallest absolute Gasteiger partial charge is 0.157 e. The number of anilines is 2. The van der Waals surface area contributed by atoms with E-state index in [2.05, 4.69) is 42.8 Å². The molecular formula is C20H25N7. The fourth-order valence-corrected chi connectivity index (χ4v) is 4.34. The van der Waals surface area contributed by atoms with Crippen LogP contribution in [-0.2, 0) is 12.8 Å². The number of hydrogen-bond acceptors (Lipinski definition) is 6. The number of fused-ring (bicyclic) bond motifs is 2. The third-order valence-electron chi connectivity index (χ3n) is 5.66. The second-order valence-corrected chi connectivity index (χ2v) is 7.62. The Hall–Kier alpha value is -2.70. The molecule has 0 amide bonds. The van der Waals surface area contributed by atoms with Crippen molar-refractivity contribution in [3.05, 3.63) is 41.1 Å². The van der Waals surface area contributed by atoms with E-state index in [1.807, 2.05) is 17.5 Å². The lowest BCUT2D eigenvalue weighted by molar-refractivity contribution is 0.615. The number of hydrogen-bond donors (Lipinski definition) is 0. The van der Waals surface area contributed by atoms with E-state index in [1.165, 1.54) is 24.1 Å². The second kappa shape index (κ2) is 6.48. The zero-order valence-corrected chi connectivity index (χ0v) is 16.0. The summed E-state index contributed by atoms with van der Waals surface area (Å²) in [4.78, 5) is 18.6. The van der Waals surface area contributed by atoms with Gasteiger partial charge in [-0.05, 0) is 39.5 Å². The summed E-state index contributed by atoms with van der Waals surface area (Å²) in [6, 6.07) is 4.18. The molecule has 1 aliphatic heterocycles. The minimum absolute atomic E-state index is 0.926. The van der Waals surface area contributed by atoms with Crippen molar-refractivity contribution in [2.45, 2.75) is 39.5 Å². The van der Waals surface area contributed by atoms with Crippen molar-refractivity contribution in [1.29, 1.82) is 0 Å². The third kappa shape index (κ3) is 2.91. The average Bonchev–Trinajstić information content (AvgIpc) is 3.07. The third-order valence-corrected chi connectivity index (χ3v) is 5.66. The van der Waals surface area contributed by atoms with Gasteiger partial charge in [-0.3, -0.25) is 0 Å². The Labute approximate surface area is 159 Å². The van der Waals surface area contributed by atoms with E-state index >= 15 is 0 Å². The minimum atomic E-state index is 0.926. The summed E-state index contributed by atoms with van der Waals surface area (Å²) in [5.74, 6) is 2.29. The van der Waals surface area contributed by atoms with Gasteiger partial charge in [-0.25, -0.2) is 15.0 Å². The zero-order valence-electron chi connectivity index (χ0n) is 16.0. The minimum Gasteiger partial charge on any atom is -0.353 e. The highest BCUT2D eigenvalue weighted by Gasteiger charge is 2.25. The summed E-state index contributed by atoms with van der Waals surface area (Å²) in [7, 11) is 0. The Kier molecular flexibility index (Phi) is 3.95. The number of rotatable bonds is 2. The van der Waals surface area contributed by atoms with Gasteiger partial charge in [0.05, 0.1) is 5.69 Å². The molecule has 0 bridgehead atoms. The standard InChI is InChI=1S/C20H25N7/c1-14-12-19(27-18(23-14)11-15(2)24-27)25-7-9-26(10-8-25)20-16-5-3-4-6-17(16)21-13-22-20/h11-13H,3-10H2,1-2H3. The molecule has 140 valence electrons. The van der Waals surface area contributed by atoms with Crippen LogP contribution in [-0.4, -0.2) is 50.7 Å². The van der Waals surface area contributed by atoms with Crippen molar-refractivity contribution in [2.24, 2.45) is 0 Å². The molecule has 2 aliphatic rings. The van der Waals surface area contributed by atoms with Crippen molar-refractivity contribution in [2.75, 3.05) is 36.0 Å².